The van der Waals surface area contributed by atoms with Crippen molar-refractivity contribution in [2.45, 2.75) is 51.0 Å². The number of nitrogens with one attached hydrogen (secondary N) is 1. The number of hydrogen-bond acceptors (Lipinski definition) is 3. The number of anilines is 1. The van der Waals surface area contributed by atoms with Crippen LogP contribution in [0.15, 0.2) is 24.3 Å². The molecule has 23 heavy (non-hydrogen) atoms. The number of benzene rings is 1. The summed E-state index contributed by atoms with van der Waals surface area (Å²) < 4.78 is 0. The summed E-state index contributed by atoms with van der Waals surface area (Å²) in [4.78, 5) is 14.3. The van der Waals surface area contributed by atoms with Crippen LogP contribution in [0, 0.1) is 0 Å². The average Bonchev–Trinajstić information content (AvgIpc) is 2.55. The number of unbranched alkanes of at least 4 members (excludes halogenated alkanes) is 3. The predicted octanol–water partition coefficient (Wildman–Crippen LogP) is 3.33. The second-order valence-corrected chi connectivity index (χ2v) is 6.66. The average molecular weight is 338 g/mol. The number of piperidine rings is 1. The van der Waals surface area contributed by atoms with Crippen molar-refractivity contribution >= 4 is 23.2 Å². The molecule has 4 nitrogen and oxygen atoms in total. The lowest BCUT2D eigenvalue weighted by atomic mass is 10.0. The smallest absolute Gasteiger partial charge is 0.220 e. The highest BCUT2D eigenvalue weighted by Crippen LogP contribution is 2.27. The Morgan fingerprint density at radius 1 is 1.26 bits per heavy atom. The minimum atomic E-state index is 0.170. The highest BCUT2D eigenvalue weighted by molar-refractivity contribution is 6.33. The molecule has 1 aliphatic heterocycles. The van der Waals surface area contributed by atoms with Crippen molar-refractivity contribution < 1.29 is 4.79 Å². The number of nitrogens with two attached hydrogens (primary N) is 1. The molecule has 0 radical (unpaired) electrons. The maximum absolute atomic E-state index is 12.1. The van der Waals surface area contributed by atoms with E-state index in [4.69, 9.17) is 17.3 Å². The van der Waals surface area contributed by atoms with E-state index in [1.807, 2.05) is 24.3 Å². The van der Waals surface area contributed by atoms with Gasteiger partial charge in [0.2, 0.25) is 5.91 Å². The van der Waals surface area contributed by atoms with Crippen molar-refractivity contribution in [1.29, 1.82) is 0 Å². The van der Waals surface area contributed by atoms with E-state index in [0.717, 1.165) is 68.9 Å². The van der Waals surface area contributed by atoms with Crippen LogP contribution in [0.1, 0.15) is 44.9 Å². The highest BCUT2D eigenvalue weighted by atomic mass is 35.5. The molecule has 1 fully saturated rings. The zero-order valence-electron chi connectivity index (χ0n) is 13.8. The monoisotopic (exact) mass is 337 g/mol. The molecule has 1 aromatic rings. The zero-order chi connectivity index (χ0) is 16.5. The van der Waals surface area contributed by atoms with E-state index in [1.165, 1.54) is 0 Å². The summed E-state index contributed by atoms with van der Waals surface area (Å²) in [5.41, 5.74) is 6.54. The fourth-order valence-corrected chi connectivity index (χ4v) is 3.36. The summed E-state index contributed by atoms with van der Waals surface area (Å²) in [6, 6.07) is 8.13. The van der Waals surface area contributed by atoms with Gasteiger partial charge in [0.1, 0.15) is 0 Å². The maximum Gasteiger partial charge on any atom is 0.220 e. The third-order valence-electron chi connectivity index (χ3n) is 4.34. The van der Waals surface area contributed by atoms with Crippen LogP contribution >= 0.6 is 11.6 Å². The Morgan fingerprint density at radius 3 is 2.83 bits per heavy atom. The molecule has 2 rings (SSSR count). The normalized spacial score (nSPS) is 18.0. The standard InChI is InChI=1S/C18H28ClN3O/c19-16-9-4-5-10-17(16)22-13-7-8-15(14-22)21-18(23)11-3-1-2-6-12-20/h4-5,9-10,15H,1-3,6-8,11-14,20H2,(H,21,23). The molecular formula is C18H28ClN3O. The van der Waals surface area contributed by atoms with Gasteiger partial charge in [0.25, 0.3) is 0 Å². The second kappa shape index (κ2) is 9.78. The first kappa shape index (κ1) is 18.1. The summed E-state index contributed by atoms with van der Waals surface area (Å²) in [5.74, 6) is 0.170. The molecule has 1 aromatic carbocycles. The Labute approximate surface area is 144 Å². The van der Waals surface area contributed by atoms with Gasteiger partial charge in [-0.05, 0) is 44.4 Å². The molecule has 128 valence electrons. The number of para-hydroxylation sites is 1. The fraction of sp³-hybridized carbons (Fsp3) is 0.611. The second-order valence-electron chi connectivity index (χ2n) is 6.26. The Bertz CT molecular complexity index is 495. The quantitative estimate of drug-likeness (QED) is 0.715. The van der Waals surface area contributed by atoms with Crippen LogP contribution in [0.25, 0.3) is 0 Å². The van der Waals surface area contributed by atoms with Crippen molar-refractivity contribution in [1.82, 2.24) is 5.32 Å². The molecule has 0 aromatic heterocycles. The van der Waals surface area contributed by atoms with Crippen molar-refractivity contribution in [2.24, 2.45) is 5.73 Å². The summed E-state index contributed by atoms with van der Waals surface area (Å²) >= 11 is 6.28. The van der Waals surface area contributed by atoms with E-state index in [9.17, 15) is 4.79 Å². The molecule has 1 heterocycles. The lowest BCUT2D eigenvalue weighted by molar-refractivity contribution is -0.122. The van der Waals surface area contributed by atoms with E-state index >= 15 is 0 Å². The van der Waals surface area contributed by atoms with E-state index < -0.39 is 0 Å². The van der Waals surface area contributed by atoms with Gasteiger partial charge in [-0.15, -0.1) is 0 Å². The molecule has 5 heteroatoms. The Hall–Kier alpha value is -1.26. The lowest BCUT2D eigenvalue weighted by Gasteiger charge is -2.35. The van der Waals surface area contributed by atoms with Crippen molar-refractivity contribution in [2.75, 3.05) is 24.5 Å². The van der Waals surface area contributed by atoms with Crippen LogP contribution in [-0.2, 0) is 4.79 Å². The fourth-order valence-electron chi connectivity index (χ4n) is 3.11. The molecule has 3 N–H and O–H groups in total. The number of carbonyl (C=O) groups excluding carboxylic acids is 1. The van der Waals surface area contributed by atoms with Crippen molar-refractivity contribution in [3.63, 3.8) is 0 Å². The molecule has 0 saturated carbocycles. The van der Waals surface area contributed by atoms with Crippen LogP contribution in [-0.4, -0.2) is 31.6 Å². The number of rotatable bonds is 8. The van der Waals surface area contributed by atoms with Gasteiger partial charge in [0.05, 0.1) is 10.7 Å². The van der Waals surface area contributed by atoms with Gasteiger partial charge in [-0.2, -0.15) is 0 Å². The summed E-state index contributed by atoms with van der Waals surface area (Å²) in [5, 5.41) is 3.96. The van der Waals surface area contributed by atoms with Gasteiger partial charge >= 0.3 is 0 Å². The minimum absolute atomic E-state index is 0.170. The van der Waals surface area contributed by atoms with E-state index in [2.05, 4.69) is 10.2 Å². The van der Waals surface area contributed by atoms with Crippen LogP contribution in [0.3, 0.4) is 0 Å². The van der Waals surface area contributed by atoms with Crippen molar-refractivity contribution in [3.8, 4) is 0 Å². The first-order valence-electron chi connectivity index (χ1n) is 8.69. The Balaban J connectivity index is 1.75. The molecule has 1 unspecified atom stereocenters. The van der Waals surface area contributed by atoms with Gasteiger partial charge in [-0.25, -0.2) is 0 Å². The van der Waals surface area contributed by atoms with Gasteiger partial charge in [0.15, 0.2) is 0 Å². The van der Waals surface area contributed by atoms with Gasteiger partial charge in [-0.1, -0.05) is 36.6 Å². The first-order chi connectivity index (χ1) is 11.2. The summed E-state index contributed by atoms with van der Waals surface area (Å²) in [6.07, 6.45) is 6.94. The van der Waals surface area contributed by atoms with E-state index in [0.29, 0.717) is 6.42 Å². The van der Waals surface area contributed by atoms with Crippen LogP contribution in [0.4, 0.5) is 5.69 Å². The van der Waals surface area contributed by atoms with Crippen LogP contribution < -0.4 is 16.0 Å². The molecular weight excluding hydrogens is 310 g/mol. The topological polar surface area (TPSA) is 58.4 Å². The van der Waals surface area contributed by atoms with E-state index in [1.54, 1.807) is 0 Å². The highest BCUT2D eigenvalue weighted by Gasteiger charge is 2.22. The molecule has 1 amide bonds. The lowest BCUT2D eigenvalue weighted by Crippen LogP contribution is -2.47. The largest absolute Gasteiger partial charge is 0.368 e. The van der Waals surface area contributed by atoms with E-state index in [-0.39, 0.29) is 11.9 Å². The number of nitrogens with zero attached hydrogens (tertiary/aromatic N) is 1. The molecule has 0 aliphatic carbocycles. The molecule has 1 aliphatic rings. The first-order valence-corrected chi connectivity index (χ1v) is 9.07. The third-order valence-corrected chi connectivity index (χ3v) is 4.66. The third kappa shape index (κ3) is 6.04. The number of halogens is 1. The molecule has 1 saturated heterocycles. The van der Waals surface area contributed by atoms with Crippen molar-refractivity contribution in [3.05, 3.63) is 29.3 Å². The van der Waals surface area contributed by atoms with Gasteiger partial charge in [-0.3, -0.25) is 4.79 Å². The summed E-state index contributed by atoms with van der Waals surface area (Å²) in [6.45, 7) is 2.57. The summed E-state index contributed by atoms with van der Waals surface area (Å²) in [7, 11) is 0. The molecule has 1 atom stereocenters. The minimum Gasteiger partial charge on any atom is -0.368 e. The number of carbonyl (C=O) groups is 1. The van der Waals surface area contributed by atoms with Gasteiger partial charge in [0, 0.05) is 25.6 Å². The van der Waals surface area contributed by atoms with Gasteiger partial charge < -0.3 is 16.0 Å². The number of hydrogen-bond donors (Lipinski definition) is 2. The number of amides is 1. The Kier molecular flexibility index (Phi) is 7.69. The zero-order valence-corrected chi connectivity index (χ0v) is 14.5. The van der Waals surface area contributed by atoms with Crippen LogP contribution in [0.2, 0.25) is 5.02 Å². The SMILES string of the molecule is NCCCCCCC(=O)NC1CCCN(c2ccccc2Cl)C1. The predicted molar refractivity (Wildman–Crippen MR) is 97.0 cm³/mol. The molecule has 0 spiro atoms. The molecule has 0 bridgehead atoms. The van der Waals surface area contributed by atoms with Crippen LogP contribution in [0.5, 0.6) is 0 Å². The Morgan fingerprint density at radius 2 is 2.04 bits per heavy atom. The maximum atomic E-state index is 12.1.